The molecular formula is C27H37Cl2N3O5S. The standard InChI is InChI=1S/C27H37Cl2N3O5S/c1-7-37-24-12-9-8-11-23(24)32(38(6,35)36)16-10-13-25(33)31(19(2)26(34)30-27(3,4)5)18-20-14-15-21(28)22(29)17-20/h8-9,11-12,14-15,17,19H,7,10,13,16,18H2,1-6H3,(H,30,34)/t19-/m0/s1. The fourth-order valence-electron chi connectivity index (χ4n) is 3.81. The molecule has 210 valence electrons. The summed E-state index contributed by atoms with van der Waals surface area (Å²) in [6.45, 7) is 9.66. The Balaban J connectivity index is 2.25. The average Bonchev–Trinajstić information content (AvgIpc) is 2.81. The summed E-state index contributed by atoms with van der Waals surface area (Å²) in [7, 11) is -3.65. The number of nitrogens with zero attached hydrogens (tertiary/aromatic N) is 2. The van der Waals surface area contributed by atoms with Gasteiger partial charge in [-0.15, -0.1) is 0 Å². The molecule has 0 saturated carbocycles. The first kappa shape index (κ1) is 31.7. The molecule has 0 radical (unpaired) electrons. The van der Waals surface area contributed by atoms with Crippen molar-refractivity contribution in [2.75, 3.05) is 23.7 Å². The molecule has 2 aromatic carbocycles. The van der Waals surface area contributed by atoms with Gasteiger partial charge in [0.2, 0.25) is 21.8 Å². The van der Waals surface area contributed by atoms with Crippen LogP contribution in [0.5, 0.6) is 5.75 Å². The van der Waals surface area contributed by atoms with E-state index >= 15 is 0 Å². The zero-order valence-corrected chi connectivity index (χ0v) is 25.1. The summed E-state index contributed by atoms with van der Waals surface area (Å²) in [6, 6.07) is 11.1. The van der Waals surface area contributed by atoms with Gasteiger partial charge in [-0.2, -0.15) is 0 Å². The van der Waals surface area contributed by atoms with Gasteiger partial charge in [-0.3, -0.25) is 13.9 Å². The van der Waals surface area contributed by atoms with E-state index in [1.807, 2.05) is 27.7 Å². The lowest BCUT2D eigenvalue weighted by Crippen LogP contribution is -2.52. The molecule has 2 rings (SSSR count). The van der Waals surface area contributed by atoms with Crippen LogP contribution in [0.4, 0.5) is 5.69 Å². The average molecular weight is 587 g/mol. The van der Waals surface area contributed by atoms with E-state index in [0.29, 0.717) is 33.7 Å². The van der Waals surface area contributed by atoms with Crippen LogP contribution in [-0.2, 0) is 26.2 Å². The molecule has 2 aromatic rings. The number of nitrogens with one attached hydrogen (secondary N) is 1. The quantitative estimate of drug-likeness (QED) is 0.366. The van der Waals surface area contributed by atoms with Gasteiger partial charge in [0.05, 0.1) is 28.6 Å². The second-order valence-electron chi connectivity index (χ2n) is 10.0. The molecule has 0 unspecified atom stereocenters. The van der Waals surface area contributed by atoms with Crippen LogP contribution in [0.1, 0.15) is 53.0 Å². The van der Waals surface area contributed by atoms with E-state index in [1.165, 1.54) is 9.21 Å². The topological polar surface area (TPSA) is 96.0 Å². The van der Waals surface area contributed by atoms with Gasteiger partial charge in [-0.1, -0.05) is 41.4 Å². The molecule has 0 spiro atoms. The van der Waals surface area contributed by atoms with Crippen LogP contribution >= 0.6 is 23.2 Å². The van der Waals surface area contributed by atoms with Crippen molar-refractivity contribution >= 4 is 50.7 Å². The van der Waals surface area contributed by atoms with Crippen molar-refractivity contribution in [1.82, 2.24) is 10.2 Å². The van der Waals surface area contributed by atoms with E-state index in [9.17, 15) is 18.0 Å². The van der Waals surface area contributed by atoms with Crippen molar-refractivity contribution in [1.29, 1.82) is 0 Å². The Morgan fingerprint density at radius 3 is 2.32 bits per heavy atom. The van der Waals surface area contributed by atoms with E-state index in [4.69, 9.17) is 27.9 Å². The predicted octanol–water partition coefficient (Wildman–Crippen LogP) is 5.27. The molecule has 1 N–H and O–H groups in total. The van der Waals surface area contributed by atoms with Crippen LogP contribution < -0.4 is 14.4 Å². The highest BCUT2D eigenvalue weighted by Gasteiger charge is 2.29. The molecule has 0 aromatic heterocycles. The largest absolute Gasteiger partial charge is 0.492 e. The maximum Gasteiger partial charge on any atom is 0.242 e. The number of ether oxygens (including phenoxy) is 1. The highest BCUT2D eigenvalue weighted by Crippen LogP contribution is 2.30. The van der Waals surface area contributed by atoms with Gasteiger partial charge in [-0.05, 0) is 70.9 Å². The Morgan fingerprint density at radius 1 is 1.08 bits per heavy atom. The van der Waals surface area contributed by atoms with Crippen LogP contribution in [0.2, 0.25) is 10.0 Å². The summed E-state index contributed by atoms with van der Waals surface area (Å²) >= 11 is 12.2. The van der Waals surface area contributed by atoms with Crippen molar-refractivity contribution in [2.24, 2.45) is 0 Å². The van der Waals surface area contributed by atoms with Gasteiger partial charge in [0.1, 0.15) is 11.8 Å². The molecule has 8 nitrogen and oxygen atoms in total. The highest BCUT2D eigenvalue weighted by atomic mass is 35.5. The summed E-state index contributed by atoms with van der Waals surface area (Å²) in [5.41, 5.74) is 0.648. The zero-order chi connectivity index (χ0) is 28.7. The lowest BCUT2D eigenvalue weighted by Gasteiger charge is -2.32. The molecule has 0 fully saturated rings. The minimum Gasteiger partial charge on any atom is -0.492 e. The fraction of sp³-hybridized carbons (Fsp3) is 0.481. The molecule has 1 atom stereocenters. The van der Waals surface area contributed by atoms with Gasteiger partial charge in [0.25, 0.3) is 0 Å². The number of halogens is 2. The zero-order valence-electron chi connectivity index (χ0n) is 22.8. The Bertz CT molecular complexity index is 1230. The number of anilines is 1. The molecule has 0 saturated heterocycles. The first-order valence-corrected chi connectivity index (χ1v) is 15.0. The number of benzene rings is 2. The number of hydrogen-bond acceptors (Lipinski definition) is 5. The number of hydrogen-bond donors (Lipinski definition) is 1. The first-order chi connectivity index (χ1) is 17.6. The molecule has 38 heavy (non-hydrogen) atoms. The molecule has 0 aliphatic rings. The third-order valence-electron chi connectivity index (χ3n) is 5.59. The lowest BCUT2D eigenvalue weighted by atomic mass is 10.1. The first-order valence-electron chi connectivity index (χ1n) is 12.4. The smallest absolute Gasteiger partial charge is 0.242 e. The van der Waals surface area contributed by atoms with Crippen molar-refractivity contribution in [3.8, 4) is 5.75 Å². The van der Waals surface area contributed by atoms with E-state index < -0.39 is 21.6 Å². The van der Waals surface area contributed by atoms with Crippen molar-refractivity contribution in [3.63, 3.8) is 0 Å². The van der Waals surface area contributed by atoms with Gasteiger partial charge in [0.15, 0.2) is 0 Å². The van der Waals surface area contributed by atoms with Gasteiger partial charge in [0, 0.05) is 25.0 Å². The second kappa shape index (κ2) is 13.5. The second-order valence-corrected chi connectivity index (χ2v) is 12.7. The molecule has 0 aliphatic heterocycles. The lowest BCUT2D eigenvalue weighted by molar-refractivity contribution is -0.141. The molecular weight excluding hydrogens is 549 g/mol. The predicted molar refractivity (Wildman–Crippen MR) is 153 cm³/mol. The normalized spacial score (nSPS) is 12.5. The monoisotopic (exact) mass is 585 g/mol. The molecule has 11 heteroatoms. The fourth-order valence-corrected chi connectivity index (χ4v) is 5.10. The number of para-hydroxylation sites is 2. The number of sulfonamides is 1. The Morgan fingerprint density at radius 2 is 1.74 bits per heavy atom. The highest BCUT2D eigenvalue weighted by molar-refractivity contribution is 7.92. The van der Waals surface area contributed by atoms with Crippen molar-refractivity contribution in [2.45, 2.75) is 65.6 Å². The summed E-state index contributed by atoms with van der Waals surface area (Å²) in [5, 5.41) is 3.65. The number of amides is 2. The van der Waals surface area contributed by atoms with E-state index in [2.05, 4.69) is 5.32 Å². The Labute approximate surface area is 236 Å². The number of carbonyl (C=O) groups is 2. The van der Waals surface area contributed by atoms with Gasteiger partial charge in [-0.25, -0.2) is 8.42 Å². The maximum atomic E-state index is 13.4. The molecule has 0 bridgehead atoms. The van der Waals surface area contributed by atoms with E-state index in [-0.39, 0.29) is 37.7 Å². The Hall–Kier alpha value is -2.49. The van der Waals surface area contributed by atoms with Crippen molar-refractivity contribution in [3.05, 3.63) is 58.1 Å². The summed E-state index contributed by atoms with van der Waals surface area (Å²) < 4.78 is 32.1. The number of carbonyl (C=O) groups excluding carboxylic acids is 2. The minimum atomic E-state index is -3.65. The third-order valence-corrected chi connectivity index (χ3v) is 7.51. The van der Waals surface area contributed by atoms with E-state index in [1.54, 1.807) is 49.4 Å². The molecule has 0 heterocycles. The summed E-state index contributed by atoms with van der Waals surface area (Å²) in [4.78, 5) is 27.9. The summed E-state index contributed by atoms with van der Waals surface area (Å²) in [5.74, 6) is -0.144. The van der Waals surface area contributed by atoms with Crippen LogP contribution in [0.15, 0.2) is 42.5 Å². The Kier molecular flexibility index (Phi) is 11.3. The SMILES string of the molecule is CCOc1ccccc1N(CCCC(=O)N(Cc1ccc(Cl)c(Cl)c1)[C@@H](C)C(=O)NC(C)(C)C)S(C)(=O)=O. The van der Waals surface area contributed by atoms with Crippen LogP contribution in [-0.4, -0.2) is 56.1 Å². The molecule has 2 amide bonds. The third kappa shape index (κ3) is 9.36. The van der Waals surface area contributed by atoms with Gasteiger partial charge < -0.3 is 15.0 Å². The van der Waals surface area contributed by atoms with Crippen molar-refractivity contribution < 1.29 is 22.7 Å². The van der Waals surface area contributed by atoms with E-state index in [0.717, 1.165) is 6.26 Å². The maximum absolute atomic E-state index is 13.4. The van der Waals surface area contributed by atoms with Crippen LogP contribution in [0.3, 0.4) is 0 Å². The van der Waals surface area contributed by atoms with Crippen LogP contribution in [0.25, 0.3) is 0 Å². The molecule has 0 aliphatic carbocycles. The minimum absolute atomic E-state index is 0.0251. The number of rotatable bonds is 12. The summed E-state index contributed by atoms with van der Waals surface area (Å²) in [6.07, 6.45) is 1.38. The van der Waals surface area contributed by atoms with Gasteiger partial charge >= 0.3 is 0 Å². The van der Waals surface area contributed by atoms with Crippen LogP contribution in [0, 0.1) is 0 Å².